The van der Waals surface area contributed by atoms with Crippen molar-refractivity contribution in [3.8, 4) is 11.5 Å². The first kappa shape index (κ1) is 20.7. The highest BCUT2D eigenvalue weighted by molar-refractivity contribution is 6.06. The number of fused-ring (bicyclic) bond motifs is 4. The Labute approximate surface area is 198 Å². The molecule has 0 bridgehead atoms. The van der Waals surface area contributed by atoms with Gasteiger partial charge in [0.2, 0.25) is 12.7 Å². The van der Waals surface area contributed by atoms with Crippen molar-refractivity contribution in [1.29, 1.82) is 0 Å². The van der Waals surface area contributed by atoms with Crippen LogP contribution in [0.2, 0.25) is 0 Å². The molecule has 2 aliphatic rings. The number of hydrogen-bond acceptors (Lipinski definition) is 7. The lowest BCUT2D eigenvalue weighted by Crippen LogP contribution is -2.31. The van der Waals surface area contributed by atoms with E-state index in [0.717, 1.165) is 5.52 Å². The lowest BCUT2D eigenvalue weighted by molar-refractivity contribution is -0.385. The molecule has 0 saturated carbocycles. The Hall–Kier alpha value is -4.86. The second-order valence-corrected chi connectivity index (χ2v) is 8.20. The van der Waals surface area contributed by atoms with Crippen molar-refractivity contribution >= 4 is 34.3 Å². The Morgan fingerprint density at radius 1 is 1.11 bits per heavy atom. The number of nitrogens with one attached hydrogen (secondary N) is 2. The normalized spacial score (nSPS) is 16.1. The van der Waals surface area contributed by atoms with E-state index in [-0.39, 0.29) is 18.4 Å². The number of imidazole rings is 1. The Kier molecular flexibility index (Phi) is 4.66. The SMILES string of the molecule is CC1=C(C(=O)Nc2ccccc2)[C@H](c2cc3c(cc2[N+](=O)[O-])OCO3)n2c(nc3ccccc32)N1. The molecule has 0 radical (unpaired) electrons. The minimum atomic E-state index is -0.850. The van der Waals surface area contributed by atoms with Crippen molar-refractivity contribution in [2.45, 2.75) is 13.0 Å². The molecule has 0 saturated heterocycles. The second-order valence-electron chi connectivity index (χ2n) is 8.20. The number of nitrogens with zero attached hydrogens (tertiary/aromatic N) is 3. The van der Waals surface area contributed by atoms with E-state index in [4.69, 9.17) is 9.47 Å². The van der Waals surface area contributed by atoms with Gasteiger partial charge in [0.1, 0.15) is 6.04 Å². The number of hydrogen-bond donors (Lipinski definition) is 2. The van der Waals surface area contributed by atoms with Crippen LogP contribution >= 0.6 is 0 Å². The highest BCUT2D eigenvalue weighted by atomic mass is 16.7. The summed E-state index contributed by atoms with van der Waals surface area (Å²) in [7, 11) is 0. The molecule has 2 N–H and O–H groups in total. The van der Waals surface area contributed by atoms with Crippen LogP contribution in [0.4, 0.5) is 17.3 Å². The summed E-state index contributed by atoms with van der Waals surface area (Å²) < 4.78 is 12.7. The van der Waals surface area contributed by atoms with E-state index in [0.29, 0.717) is 45.5 Å². The number of benzene rings is 3. The average molecular weight is 469 g/mol. The van der Waals surface area contributed by atoms with E-state index >= 15 is 0 Å². The molecular weight excluding hydrogens is 450 g/mol. The van der Waals surface area contributed by atoms with Gasteiger partial charge in [0.05, 0.1) is 33.2 Å². The van der Waals surface area contributed by atoms with Gasteiger partial charge in [-0.25, -0.2) is 4.98 Å². The number of allylic oxidation sites excluding steroid dienone is 1. The average Bonchev–Trinajstić information content (AvgIpc) is 3.46. The number of amides is 1. The molecule has 0 fully saturated rings. The summed E-state index contributed by atoms with van der Waals surface area (Å²) in [5, 5.41) is 18.3. The highest BCUT2D eigenvalue weighted by Gasteiger charge is 2.39. The monoisotopic (exact) mass is 469 g/mol. The molecule has 2 aliphatic heterocycles. The molecule has 0 unspecified atom stereocenters. The standard InChI is InChI=1S/C25H19N5O5/c1-14-22(24(31)27-15-7-3-2-4-8-15)23(29-18-10-6-5-9-17(18)28-25(29)26-14)16-11-20-21(35-13-34-20)12-19(16)30(32)33/h2-12,23H,13H2,1H3,(H,26,28)(H,27,31)/t23-/m0/s1. The highest BCUT2D eigenvalue weighted by Crippen LogP contribution is 2.46. The molecule has 3 aromatic carbocycles. The maximum atomic E-state index is 13.7. The summed E-state index contributed by atoms with van der Waals surface area (Å²) in [6.45, 7) is 1.73. The van der Waals surface area contributed by atoms with Gasteiger partial charge in [0.15, 0.2) is 11.5 Å². The predicted molar refractivity (Wildman–Crippen MR) is 128 cm³/mol. The largest absolute Gasteiger partial charge is 0.454 e. The van der Waals surface area contributed by atoms with E-state index in [9.17, 15) is 14.9 Å². The van der Waals surface area contributed by atoms with Crippen LogP contribution in [0, 0.1) is 10.1 Å². The number of nitro benzene ring substituents is 1. The van der Waals surface area contributed by atoms with Gasteiger partial charge < -0.3 is 20.1 Å². The molecule has 1 aromatic heterocycles. The number of aromatic nitrogens is 2. The number of rotatable bonds is 4. The molecule has 4 aromatic rings. The first-order valence-electron chi connectivity index (χ1n) is 10.9. The molecule has 1 atom stereocenters. The van der Waals surface area contributed by atoms with E-state index in [2.05, 4.69) is 15.6 Å². The number of nitro groups is 1. The van der Waals surface area contributed by atoms with Gasteiger partial charge in [-0.05, 0) is 37.3 Å². The van der Waals surface area contributed by atoms with E-state index in [1.54, 1.807) is 25.1 Å². The zero-order chi connectivity index (χ0) is 24.1. The maximum absolute atomic E-state index is 13.7. The van der Waals surface area contributed by atoms with E-state index < -0.39 is 11.0 Å². The number of anilines is 2. The van der Waals surface area contributed by atoms with Crippen LogP contribution < -0.4 is 20.1 Å². The minimum absolute atomic E-state index is 0.0301. The third-order valence-corrected chi connectivity index (χ3v) is 6.12. The van der Waals surface area contributed by atoms with Gasteiger partial charge in [-0.2, -0.15) is 0 Å². The number of ether oxygens (including phenoxy) is 2. The van der Waals surface area contributed by atoms with Crippen molar-refractivity contribution in [3.05, 3.63) is 93.7 Å². The fourth-order valence-electron chi connectivity index (χ4n) is 4.60. The van der Waals surface area contributed by atoms with Crippen LogP contribution in [-0.2, 0) is 4.79 Å². The second kappa shape index (κ2) is 7.87. The van der Waals surface area contributed by atoms with Crippen molar-refractivity contribution < 1.29 is 19.2 Å². The van der Waals surface area contributed by atoms with Crippen LogP contribution in [0.25, 0.3) is 11.0 Å². The molecule has 35 heavy (non-hydrogen) atoms. The summed E-state index contributed by atoms with van der Waals surface area (Å²) in [6, 6.07) is 18.6. The van der Waals surface area contributed by atoms with Gasteiger partial charge >= 0.3 is 0 Å². The zero-order valence-corrected chi connectivity index (χ0v) is 18.5. The molecule has 10 heteroatoms. The molecule has 1 amide bonds. The van der Waals surface area contributed by atoms with Crippen LogP contribution in [0.5, 0.6) is 11.5 Å². The topological polar surface area (TPSA) is 121 Å². The summed E-state index contributed by atoms with van der Waals surface area (Å²) in [4.78, 5) is 30.0. The van der Waals surface area contributed by atoms with Crippen molar-refractivity contribution in [2.24, 2.45) is 0 Å². The summed E-state index contributed by atoms with van der Waals surface area (Å²) in [5.74, 6) is 0.773. The number of carbonyl (C=O) groups excluding carboxylic acids is 1. The fourth-order valence-corrected chi connectivity index (χ4v) is 4.60. The first-order chi connectivity index (χ1) is 17.0. The number of carbonyl (C=O) groups is 1. The Morgan fingerprint density at radius 2 is 1.83 bits per heavy atom. The number of para-hydroxylation sites is 3. The molecular formula is C25H19N5O5. The minimum Gasteiger partial charge on any atom is -0.454 e. The van der Waals surface area contributed by atoms with Crippen molar-refractivity contribution in [3.63, 3.8) is 0 Å². The molecule has 10 nitrogen and oxygen atoms in total. The fraction of sp³-hybridized carbons (Fsp3) is 0.120. The summed E-state index contributed by atoms with van der Waals surface area (Å²) in [5.41, 5.74) is 3.01. The lowest BCUT2D eigenvalue weighted by Gasteiger charge is -2.30. The van der Waals surface area contributed by atoms with E-state index in [1.807, 2.05) is 47.0 Å². The molecule has 0 aliphatic carbocycles. The Bertz CT molecular complexity index is 1540. The zero-order valence-electron chi connectivity index (χ0n) is 18.5. The summed E-state index contributed by atoms with van der Waals surface area (Å²) >= 11 is 0. The van der Waals surface area contributed by atoms with E-state index in [1.165, 1.54) is 6.07 Å². The van der Waals surface area contributed by atoms with Crippen LogP contribution in [0.1, 0.15) is 18.5 Å². The van der Waals surface area contributed by atoms with Crippen LogP contribution in [-0.4, -0.2) is 27.2 Å². The van der Waals surface area contributed by atoms with Crippen LogP contribution in [0.15, 0.2) is 78.0 Å². The smallest absolute Gasteiger partial charge is 0.279 e. The Morgan fingerprint density at radius 3 is 2.60 bits per heavy atom. The quantitative estimate of drug-likeness (QED) is 0.331. The van der Waals surface area contributed by atoms with Crippen molar-refractivity contribution in [2.75, 3.05) is 17.4 Å². The van der Waals surface area contributed by atoms with Gasteiger partial charge in [-0.1, -0.05) is 30.3 Å². The molecule has 174 valence electrons. The molecule has 0 spiro atoms. The first-order valence-corrected chi connectivity index (χ1v) is 10.9. The third kappa shape index (κ3) is 3.34. The van der Waals surface area contributed by atoms with Gasteiger partial charge in [0, 0.05) is 11.4 Å². The lowest BCUT2D eigenvalue weighted by atomic mass is 9.92. The third-order valence-electron chi connectivity index (χ3n) is 6.12. The molecule has 3 heterocycles. The van der Waals surface area contributed by atoms with Crippen LogP contribution in [0.3, 0.4) is 0 Å². The van der Waals surface area contributed by atoms with Gasteiger partial charge in [-0.3, -0.25) is 19.5 Å². The van der Waals surface area contributed by atoms with Crippen molar-refractivity contribution in [1.82, 2.24) is 9.55 Å². The predicted octanol–water partition coefficient (Wildman–Crippen LogP) is 4.60. The van der Waals surface area contributed by atoms with Gasteiger partial charge in [-0.15, -0.1) is 0 Å². The molecule has 6 rings (SSSR count). The maximum Gasteiger partial charge on any atom is 0.279 e. The Balaban J connectivity index is 1.59. The van der Waals surface area contributed by atoms with Gasteiger partial charge in [0.25, 0.3) is 11.6 Å². The summed E-state index contributed by atoms with van der Waals surface area (Å²) in [6.07, 6.45) is 0.